The molecule has 0 amide bonds. The van der Waals surface area contributed by atoms with Crippen molar-refractivity contribution in [3.8, 4) is 5.75 Å². The van der Waals surface area contributed by atoms with E-state index >= 15 is 0 Å². The molecule has 118 valence electrons. The van der Waals surface area contributed by atoms with Crippen LogP contribution in [0.25, 0.3) is 0 Å². The number of nitrogens with one attached hydrogen (secondary N) is 1. The van der Waals surface area contributed by atoms with Gasteiger partial charge in [0.1, 0.15) is 5.75 Å². The lowest BCUT2D eigenvalue weighted by Crippen LogP contribution is -2.19. The normalized spacial score (nSPS) is 12.1. The van der Waals surface area contributed by atoms with Crippen molar-refractivity contribution in [1.82, 2.24) is 5.32 Å². The molecule has 0 aliphatic rings. The Hall–Kier alpha value is -1.80. The molecule has 0 bridgehead atoms. The highest BCUT2D eigenvalue weighted by molar-refractivity contribution is 5.31. The zero-order valence-corrected chi connectivity index (χ0v) is 13.9. The monoisotopic (exact) mass is 297 g/mol. The largest absolute Gasteiger partial charge is 0.497 e. The number of benzene rings is 2. The van der Waals surface area contributed by atoms with E-state index in [1.54, 1.807) is 7.11 Å². The molecule has 0 fully saturated rings. The van der Waals surface area contributed by atoms with Crippen molar-refractivity contribution < 1.29 is 4.74 Å². The molecule has 0 aliphatic carbocycles. The molecule has 0 saturated carbocycles. The highest BCUT2D eigenvalue weighted by Gasteiger charge is 2.09. The van der Waals surface area contributed by atoms with Crippen LogP contribution in [0.15, 0.2) is 48.5 Å². The Morgan fingerprint density at radius 3 is 2.45 bits per heavy atom. The third kappa shape index (κ3) is 4.60. The molecule has 0 spiro atoms. The first-order valence-corrected chi connectivity index (χ1v) is 8.18. The minimum atomic E-state index is 0.357. The van der Waals surface area contributed by atoms with Crippen LogP contribution in [-0.2, 0) is 13.0 Å². The van der Waals surface area contributed by atoms with Gasteiger partial charge in [-0.15, -0.1) is 0 Å². The van der Waals surface area contributed by atoms with Crippen molar-refractivity contribution in [2.45, 2.75) is 45.7 Å². The molecule has 2 heteroatoms. The zero-order chi connectivity index (χ0) is 15.8. The molecule has 0 radical (unpaired) electrons. The van der Waals surface area contributed by atoms with Gasteiger partial charge in [0.05, 0.1) is 7.11 Å². The molecule has 2 aromatic carbocycles. The summed E-state index contributed by atoms with van der Waals surface area (Å²) >= 11 is 0. The van der Waals surface area contributed by atoms with Gasteiger partial charge in [0, 0.05) is 12.6 Å². The summed E-state index contributed by atoms with van der Waals surface area (Å²) in [4.78, 5) is 0. The van der Waals surface area contributed by atoms with Crippen LogP contribution in [0, 0.1) is 0 Å². The molecule has 2 aromatic rings. The smallest absolute Gasteiger partial charge is 0.118 e. The predicted molar refractivity (Wildman–Crippen MR) is 93.3 cm³/mol. The molecule has 0 saturated heterocycles. The number of unbranched alkanes of at least 4 members (excludes halogenated alkanes) is 1. The van der Waals surface area contributed by atoms with Gasteiger partial charge in [-0.05, 0) is 48.6 Å². The lowest BCUT2D eigenvalue weighted by Gasteiger charge is -2.18. The van der Waals surface area contributed by atoms with Gasteiger partial charge in [-0.25, -0.2) is 0 Å². The Kier molecular flexibility index (Phi) is 6.47. The third-order valence-electron chi connectivity index (χ3n) is 4.09. The van der Waals surface area contributed by atoms with E-state index < -0.39 is 0 Å². The van der Waals surface area contributed by atoms with E-state index in [0.717, 1.165) is 12.3 Å². The van der Waals surface area contributed by atoms with Crippen molar-refractivity contribution in [3.63, 3.8) is 0 Å². The van der Waals surface area contributed by atoms with Crippen molar-refractivity contribution in [1.29, 1.82) is 0 Å². The van der Waals surface area contributed by atoms with Gasteiger partial charge < -0.3 is 10.1 Å². The molecule has 22 heavy (non-hydrogen) atoms. The van der Waals surface area contributed by atoms with Crippen LogP contribution in [0.5, 0.6) is 5.75 Å². The summed E-state index contributed by atoms with van der Waals surface area (Å²) < 4.78 is 5.20. The van der Waals surface area contributed by atoms with Crippen molar-refractivity contribution >= 4 is 0 Å². The molecule has 1 atom stereocenters. The van der Waals surface area contributed by atoms with E-state index in [1.165, 1.54) is 36.0 Å². The fourth-order valence-corrected chi connectivity index (χ4v) is 2.68. The standard InChI is InChI=1S/C20H27NO/c1-4-5-8-18-9-6-7-10-20(18)16(2)21-15-17-11-13-19(22-3)14-12-17/h6-7,9-14,16,21H,4-5,8,15H2,1-3H3. The molecule has 2 nitrogen and oxygen atoms in total. The second kappa shape index (κ2) is 8.60. The molecule has 1 N–H and O–H groups in total. The second-order valence-electron chi connectivity index (χ2n) is 5.75. The average Bonchev–Trinajstić information content (AvgIpc) is 2.58. The summed E-state index contributed by atoms with van der Waals surface area (Å²) in [6.07, 6.45) is 3.66. The second-order valence-corrected chi connectivity index (χ2v) is 5.75. The Bertz CT molecular complexity index is 562. The van der Waals surface area contributed by atoms with Crippen LogP contribution in [0.2, 0.25) is 0 Å². The van der Waals surface area contributed by atoms with Gasteiger partial charge in [-0.3, -0.25) is 0 Å². The quantitative estimate of drug-likeness (QED) is 0.749. The summed E-state index contributed by atoms with van der Waals surface area (Å²) in [5.74, 6) is 0.904. The summed E-state index contributed by atoms with van der Waals surface area (Å²) in [6.45, 7) is 5.36. The summed E-state index contributed by atoms with van der Waals surface area (Å²) in [5, 5.41) is 3.63. The van der Waals surface area contributed by atoms with Gasteiger partial charge in [0.2, 0.25) is 0 Å². The van der Waals surface area contributed by atoms with Gasteiger partial charge in [0.15, 0.2) is 0 Å². The highest BCUT2D eigenvalue weighted by Crippen LogP contribution is 2.20. The predicted octanol–water partition coefficient (Wildman–Crippen LogP) is 4.89. The molecule has 2 rings (SSSR count). The Morgan fingerprint density at radius 1 is 1.05 bits per heavy atom. The molecule has 1 unspecified atom stereocenters. The topological polar surface area (TPSA) is 21.3 Å². The minimum absolute atomic E-state index is 0.357. The van der Waals surface area contributed by atoms with Crippen LogP contribution >= 0.6 is 0 Å². The lowest BCUT2D eigenvalue weighted by molar-refractivity contribution is 0.414. The Balaban J connectivity index is 1.97. The van der Waals surface area contributed by atoms with E-state index in [2.05, 4.69) is 55.6 Å². The van der Waals surface area contributed by atoms with Crippen LogP contribution in [0.4, 0.5) is 0 Å². The molecule has 0 aromatic heterocycles. The molecular formula is C20H27NO. The number of aryl methyl sites for hydroxylation is 1. The fourth-order valence-electron chi connectivity index (χ4n) is 2.68. The van der Waals surface area contributed by atoms with Crippen molar-refractivity contribution in [2.75, 3.05) is 7.11 Å². The highest BCUT2D eigenvalue weighted by atomic mass is 16.5. The first kappa shape index (κ1) is 16.6. The summed E-state index contributed by atoms with van der Waals surface area (Å²) in [7, 11) is 1.70. The van der Waals surface area contributed by atoms with E-state index in [4.69, 9.17) is 4.74 Å². The summed E-state index contributed by atoms with van der Waals surface area (Å²) in [6, 6.07) is 17.4. The Labute approximate surface area is 134 Å². The lowest BCUT2D eigenvalue weighted by atomic mass is 9.97. The maximum Gasteiger partial charge on any atom is 0.118 e. The van der Waals surface area contributed by atoms with Gasteiger partial charge in [-0.1, -0.05) is 49.7 Å². The molecule has 0 heterocycles. The van der Waals surface area contributed by atoms with E-state index in [0.29, 0.717) is 6.04 Å². The molecular weight excluding hydrogens is 270 g/mol. The zero-order valence-electron chi connectivity index (χ0n) is 13.9. The van der Waals surface area contributed by atoms with Gasteiger partial charge in [-0.2, -0.15) is 0 Å². The summed E-state index contributed by atoms with van der Waals surface area (Å²) in [5.41, 5.74) is 4.17. The van der Waals surface area contributed by atoms with Gasteiger partial charge >= 0.3 is 0 Å². The number of methoxy groups -OCH3 is 1. The van der Waals surface area contributed by atoms with Crippen LogP contribution < -0.4 is 10.1 Å². The third-order valence-corrected chi connectivity index (χ3v) is 4.09. The van der Waals surface area contributed by atoms with Gasteiger partial charge in [0.25, 0.3) is 0 Å². The van der Waals surface area contributed by atoms with Crippen molar-refractivity contribution in [3.05, 3.63) is 65.2 Å². The Morgan fingerprint density at radius 2 is 1.77 bits per heavy atom. The molecule has 0 aliphatic heterocycles. The number of hydrogen-bond acceptors (Lipinski definition) is 2. The minimum Gasteiger partial charge on any atom is -0.497 e. The number of ether oxygens (including phenoxy) is 1. The van der Waals surface area contributed by atoms with E-state index in [1.807, 2.05) is 12.1 Å². The maximum absolute atomic E-state index is 5.20. The SMILES string of the molecule is CCCCc1ccccc1C(C)NCc1ccc(OC)cc1. The van der Waals surface area contributed by atoms with Crippen molar-refractivity contribution in [2.24, 2.45) is 0 Å². The average molecular weight is 297 g/mol. The first-order chi connectivity index (χ1) is 10.7. The first-order valence-electron chi connectivity index (χ1n) is 8.18. The van der Waals surface area contributed by atoms with Crippen LogP contribution in [0.3, 0.4) is 0 Å². The van der Waals surface area contributed by atoms with E-state index in [9.17, 15) is 0 Å². The fraction of sp³-hybridized carbons (Fsp3) is 0.400. The number of hydrogen-bond donors (Lipinski definition) is 1. The van der Waals surface area contributed by atoms with Crippen LogP contribution in [0.1, 0.15) is 49.4 Å². The van der Waals surface area contributed by atoms with Crippen LogP contribution in [-0.4, -0.2) is 7.11 Å². The maximum atomic E-state index is 5.20. The number of rotatable bonds is 8. The van der Waals surface area contributed by atoms with E-state index in [-0.39, 0.29) is 0 Å².